The lowest BCUT2D eigenvalue weighted by Gasteiger charge is -2.34. The molecular formula is C26H28N2O2S. The molecular weight excluding hydrogens is 404 g/mol. The number of nitrogens with zero attached hydrogens (tertiary/aromatic N) is 1. The predicted octanol–water partition coefficient (Wildman–Crippen LogP) is 5.47. The Morgan fingerprint density at radius 3 is 2.23 bits per heavy atom. The van der Waals surface area contributed by atoms with Crippen molar-refractivity contribution in [2.75, 3.05) is 13.1 Å². The van der Waals surface area contributed by atoms with Crippen molar-refractivity contribution in [3.8, 4) is 0 Å². The highest BCUT2D eigenvalue weighted by atomic mass is 32.1. The Hall–Kier alpha value is -2.92. The highest BCUT2D eigenvalue weighted by Gasteiger charge is 2.27. The molecule has 0 saturated carbocycles. The van der Waals surface area contributed by atoms with Crippen LogP contribution in [0.25, 0.3) is 0 Å². The number of aryl methyl sites for hydroxylation is 1. The summed E-state index contributed by atoms with van der Waals surface area (Å²) in [5, 5.41) is 3.26. The molecule has 1 aliphatic rings. The smallest absolute Gasteiger partial charge is 0.261 e. The van der Waals surface area contributed by atoms with Gasteiger partial charge in [0.15, 0.2) is 0 Å². The topological polar surface area (TPSA) is 49.4 Å². The van der Waals surface area contributed by atoms with Crippen molar-refractivity contribution in [2.24, 2.45) is 5.92 Å². The Morgan fingerprint density at radius 1 is 0.968 bits per heavy atom. The Morgan fingerprint density at radius 2 is 1.61 bits per heavy atom. The fraction of sp³-hybridized carbons (Fsp3) is 0.308. The summed E-state index contributed by atoms with van der Waals surface area (Å²) in [6, 6.07) is 23.5. The molecule has 1 aromatic heterocycles. The number of hydrogen-bond acceptors (Lipinski definition) is 3. The summed E-state index contributed by atoms with van der Waals surface area (Å²) < 4.78 is 0. The third-order valence-corrected chi connectivity index (χ3v) is 6.96. The van der Waals surface area contributed by atoms with Gasteiger partial charge in [0.25, 0.3) is 11.8 Å². The Kier molecular flexibility index (Phi) is 6.82. The minimum Gasteiger partial charge on any atom is -0.345 e. The fourth-order valence-electron chi connectivity index (χ4n) is 4.22. The van der Waals surface area contributed by atoms with Crippen molar-refractivity contribution in [3.05, 3.63) is 93.7 Å². The van der Waals surface area contributed by atoms with Crippen LogP contribution in [0.15, 0.2) is 72.8 Å². The van der Waals surface area contributed by atoms with Crippen LogP contribution in [0.1, 0.15) is 55.8 Å². The Bertz CT molecular complexity index is 1010. The van der Waals surface area contributed by atoms with E-state index in [1.165, 1.54) is 11.3 Å². The van der Waals surface area contributed by atoms with Crippen LogP contribution in [0.3, 0.4) is 0 Å². The molecule has 3 aromatic rings. The Balaban J connectivity index is 1.40. The van der Waals surface area contributed by atoms with E-state index in [4.69, 9.17) is 0 Å². The highest BCUT2D eigenvalue weighted by molar-refractivity contribution is 7.13. The molecule has 2 heterocycles. The zero-order valence-electron chi connectivity index (χ0n) is 17.8. The van der Waals surface area contributed by atoms with Crippen molar-refractivity contribution in [1.29, 1.82) is 0 Å². The standard InChI is InChI=1S/C26H28N2O2S/c1-19-12-13-24(31-19)25(29)27-23(21-8-4-2-5-9-21)18-20-14-16-28(17-15-20)26(30)22-10-6-3-7-11-22/h2-13,20,23H,14-18H2,1H3,(H,27,29). The van der Waals surface area contributed by atoms with E-state index in [2.05, 4.69) is 17.4 Å². The van der Waals surface area contributed by atoms with E-state index in [0.29, 0.717) is 5.92 Å². The van der Waals surface area contributed by atoms with Crippen LogP contribution in [0, 0.1) is 12.8 Å². The van der Waals surface area contributed by atoms with Gasteiger partial charge < -0.3 is 10.2 Å². The number of nitrogens with one attached hydrogen (secondary N) is 1. The van der Waals surface area contributed by atoms with Crippen LogP contribution in [-0.2, 0) is 0 Å². The van der Waals surface area contributed by atoms with Crippen molar-refractivity contribution < 1.29 is 9.59 Å². The molecule has 5 heteroatoms. The summed E-state index contributed by atoms with van der Waals surface area (Å²) in [6.07, 6.45) is 2.79. The van der Waals surface area contributed by atoms with Crippen LogP contribution >= 0.6 is 11.3 Å². The normalized spacial score (nSPS) is 15.5. The molecule has 1 saturated heterocycles. The molecule has 0 radical (unpaired) electrons. The van der Waals surface area contributed by atoms with Crippen LogP contribution in [-0.4, -0.2) is 29.8 Å². The lowest BCUT2D eigenvalue weighted by Crippen LogP contribution is -2.39. The average Bonchev–Trinajstić information content (AvgIpc) is 3.26. The van der Waals surface area contributed by atoms with Gasteiger partial charge in [-0.15, -0.1) is 11.3 Å². The maximum absolute atomic E-state index is 12.8. The number of thiophene rings is 1. The quantitative estimate of drug-likeness (QED) is 0.561. The lowest BCUT2D eigenvalue weighted by molar-refractivity contribution is 0.0681. The summed E-state index contributed by atoms with van der Waals surface area (Å²) >= 11 is 1.52. The maximum Gasteiger partial charge on any atom is 0.261 e. The summed E-state index contributed by atoms with van der Waals surface area (Å²) in [6.45, 7) is 3.54. The molecule has 0 aliphatic carbocycles. The van der Waals surface area contributed by atoms with E-state index in [9.17, 15) is 9.59 Å². The van der Waals surface area contributed by atoms with Crippen LogP contribution in [0.4, 0.5) is 0 Å². The monoisotopic (exact) mass is 432 g/mol. The molecule has 160 valence electrons. The van der Waals surface area contributed by atoms with Crippen LogP contribution < -0.4 is 5.32 Å². The van der Waals surface area contributed by atoms with Crippen molar-refractivity contribution in [1.82, 2.24) is 10.2 Å². The van der Waals surface area contributed by atoms with Gasteiger partial charge in [0, 0.05) is 23.5 Å². The number of hydrogen-bond donors (Lipinski definition) is 1. The summed E-state index contributed by atoms with van der Waals surface area (Å²) in [7, 11) is 0. The zero-order valence-corrected chi connectivity index (χ0v) is 18.6. The first-order valence-electron chi connectivity index (χ1n) is 10.9. The number of carbonyl (C=O) groups excluding carboxylic acids is 2. The van der Waals surface area contributed by atoms with Crippen molar-refractivity contribution in [3.63, 3.8) is 0 Å². The second-order valence-corrected chi connectivity index (χ2v) is 9.47. The van der Waals surface area contributed by atoms with E-state index in [1.54, 1.807) is 0 Å². The van der Waals surface area contributed by atoms with E-state index >= 15 is 0 Å². The van der Waals surface area contributed by atoms with Gasteiger partial charge in [-0.1, -0.05) is 48.5 Å². The van der Waals surface area contributed by atoms with Crippen molar-refractivity contribution >= 4 is 23.2 Å². The molecule has 1 unspecified atom stereocenters. The van der Waals surface area contributed by atoms with Gasteiger partial charge in [0.1, 0.15) is 0 Å². The van der Waals surface area contributed by atoms with Crippen LogP contribution in [0.2, 0.25) is 0 Å². The number of amides is 2. The van der Waals surface area contributed by atoms with E-state index in [1.807, 2.05) is 72.5 Å². The van der Waals surface area contributed by atoms with Crippen LogP contribution in [0.5, 0.6) is 0 Å². The number of piperidine rings is 1. The van der Waals surface area contributed by atoms with E-state index < -0.39 is 0 Å². The fourth-order valence-corrected chi connectivity index (χ4v) is 4.99. The molecule has 1 fully saturated rings. The minimum atomic E-state index is -0.0301. The SMILES string of the molecule is Cc1ccc(C(=O)NC(CC2CCN(C(=O)c3ccccc3)CC2)c2ccccc2)s1. The second-order valence-electron chi connectivity index (χ2n) is 8.18. The maximum atomic E-state index is 12.8. The number of rotatable bonds is 6. The summed E-state index contributed by atoms with van der Waals surface area (Å²) in [4.78, 5) is 29.4. The van der Waals surface area contributed by atoms with Gasteiger partial charge in [0.2, 0.25) is 0 Å². The molecule has 31 heavy (non-hydrogen) atoms. The first-order valence-corrected chi connectivity index (χ1v) is 11.7. The van der Waals surface area contributed by atoms with Gasteiger partial charge in [-0.2, -0.15) is 0 Å². The average molecular weight is 433 g/mol. The number of benzene rings is 2. The van der Waals surface area contributed by atoms with Gasteiger partial charge in [-0.05, 0) is 61.9 Å². The first kappa shape index (κ1) is 21.3. The zero-order chi connectivity index (χ0) is 21.6. The predicted molar refractivity (Wildman–Crippen MR) is 125 cm³/mol. The second kappa shape index (κ2) is 9.92. The molecule has 0 bridgehead atoms. The molecule has 1 atom stereocenters. The van der Waals surface area contributed by atoms with E-state index in [-0.39, 0.29) is 17.9 Å². The molecule has 1 N–H and O–H groups in total. The van der Waals surface area contributed by atoms with Gasteiger partial charge >= 0.3 is 0 Å². The molecule has 2 aromatic carbocycles. The molecule has 0 spiro atoms. The third-order valence-electron chi connectivity index (χ3n) is 5.96. The molecule has 1 aliphatic heterocycles. The number of carbonyl (C=O) groups is 2. The Labute approximate surface area is 187 Å². The van der Waals surface area contributed by atoms with Gasteiger partial charge in [-0.25, -0.2) is 0 Å². The summed E-state index contributed by atoms with van der Waals surface area (Å²) in [5.74, 6) is 0.569. The molecule has 4 nitrogen and oxygen atoms in total. The third kappa shape index (κ3) is 5.42. The molecule has 2 amide bonds. The summed E-state index contributed by atoms with van der Waals surface area (Å²) in [5.41, 5.74) is 1.88. The lowest BCUT2D eigenvalue weighted by atomic mass is 9.87. The number of likely N-dealkylation sites (tertiary alicyclic amines) is 1. The van der Waals surface area contributed by atoms with Crippen molar-refractivity contribution in [2.45, 2.75) is 32.2 Å². The van der Waals surface area contributed by atoms with Gasteiger partial charge in [-0.3, -0.25) is 9.59 Å². The molecule has 4 rings (SSSR count). The van der Waals surface area contributed by atoms with Gasteiger partial charge in [0.05, 0.1) is 10.9 Å². The van der Waals surface area contributed by atoms with E-state index in [0.717, 1.165) is 53.2 Å². The first-order chi connectivity index (χ1) is 15.1. The minimum absolute atomic E-state index is 0.0105. The highest BCUT2D eigenvalue weighted by Crippen LogP contribution is 2.30. The largest absolute Gasteiger partial charge is 0.345 e.